The lowest BCUT2D eigenvalue weighted by atomic mass is 9.97. The summed E-state index contributed by atoms with van der Waals surface area (Å²) in [6, 6.07) is 0. The van der Waals surface area contributed by atoms with E-state index in [1.165, 1.54) is 12.8 Å². The van der Waals surface area contributed by atoms with Crippen LogP contribution in [0.2, 0.25) is 0 Å². The van der Waals surface area contributed by atoms with Gasteiger partial charge in [-0.1, -0.05) is 6.92 Å². The molecule has 0 radical (unpaired) electrons. The van der Waals surface area contributed by atoms with Crippen LogP contribution in [0.3, 0.4) is 0 Å². The summed E-state index contributed by atoms with van der Waals surface area (Å²) in [6.07, 6.45) is 3.33. The molecule has 112 valence electrons. The van der Waals surface area contributed by atoms with Gasteiger partial charge in [0.25, 0.3) is 0 Å². The first-order valence-corrected chi connectivity index (χ1v) is 8.87. The fraction of sp³-hybridized carbons (Fsp3) is 1.00. The largest absolute Gasteiger partial charge is 0.380 e. The minimum absolute atomic E-state index is 0.0373. The fourth-order valence-corrected chi connectivity index (χ4v) is 4.45. The normalized spacial score (nSPS) is 30.8. The van der Waals surface area contributed by atoms with Crippen molar-refractivity contribution < 1.29 is 13.2 Å². The lowest BCUT2D eigenvalue weighted by Crippen LogP contribution is -2.48. The van der Waals surface area contributed by atoms with Gasteiger partial charge >= 0.3 is 0 Å². The highest BCUT2D eigenvalue weighted by Gasteiger charge is 2.32. The minimum Gasteiger partial charge on any atom is -0.380 e. The van der Waals surface area contributed by atoms with Crippen molar-refractivity contribution >= 4 is 10.0 Å². The van der Waals surface area contributed by atoms with Gasteiger partial charge in [0.15, 0.2) is 0 Å². The van der Waals surface area contributed by atoms with Gasteiger partial charge in [-0.25, -0.2) is 8.42 Å². The average Bonchev–Trinajstić information content (AvgIpc) is 2.90. The SMILES string of the molecule is CO[C@@H]1CN(S(=O)(=O)CCN2CCCC2)CC[C@@H]1C. The summed E-state index contributed by atoms with van der Waals surface area (Å²) in [5.74, 6) is 0.688. The van der Waals surface area contributed by atoms with E-state index in [0.29, 0.717) is 25.6 Å². The monoisotopic (exact) mass is 290 g/mol. The Kier molecular flexibility index (Phi) is 5.22. The zero-order chi connectivity index (χ0) is 13.9. The molecule has 2 rings (SSSR count). The maximum absolute atomic E-state index is 12.4. The Morgan fingerprint density at radius 3 is 2.53 bits per heavy atom. The molecule has 0 aliphatic carbocycles. The molecule has 2 aliphatic heterocycles. The molecule has 0 spiro atoms. The van der Waals surface area contributed by atoms with Crippen molar-refractivity contribution in [1.82, 2.24) is 9.21 Å². The number of nitrogens with zero attached hydrogens (tertiary/aromatic N) is 2. The second kappa shape index (κ2) is 6.52. The predicted octanol–water partition coefficient (Wildman–Crippen LogP) is 0.769. The molecular formula is C13H26N2O3S. The van der Waals surface area contributed by atoms with E-state index in [1.807, 2.05) is 0 Å². The van der Waals surface area contributed by atoms with Gasteiger partial charge in [0.2, 0.25) is 10.0 Å². The third-order valence-corrected chi connectivity index (χ3v) is 6.23. The molecule has 0 saturated carbocycles. The van der Waals surface area contributed by atoms with E-state index in [2.05, 4.69) is 11.8 Å². The standard InChI is InChI=1S/C13H26N2O3S/c1-12-5-8-15(11-13(12)18-2)19(16,17)10-9-14-6-3-4-7-14/h12-13H,3-11H2,1-2H3/t12-,13+/m0/s1. The third-order valence-electron chi connectivity index (χ3n) is 4.41. The zero-order valence-corrected chi connectivity index (χ0v) is 12.9. The molecule has 5 nitrogen and oxygen atoms in total. The van der Waals surface area contributed by atoms with Gasteiger partial charge in [-0.05, 0) is 38.3 Å². The summed E-state index contributed by atoms with van der Waals surface area (Å²) in [4.78, 5) is 2.25. The first-order valence-electron chi connectivity index (χ1n) is 7.26. The number of hydrogen-bond acceptors (Lipinski definition) is 4. The number of hydrogen-bond donors (Lipinski definition) is 0. The first kappa shape index (κ1) is 15.2. The molecule has 2 fully saturated rings. The summed E-state index contributed by atoms with van der Waals surface area (Å²) in [6.45, 7) is 6.05. The van der Waals surface area contributed by atoms with E-state index < -0.39 is 10.0 Å². The van der Waals surface area contributed by atoms with Gasteiger partial charge in [0.05, 0.1) is 11.9 Å². The Hall–Kier alpha value is -0.170. The topological polar surface area (TPSA) is 49.9 Å². The van der Waals surface area contributed by atoms with E-state index in [4.69, 9.17) is 4.74 Å². The zero-order valence-electron chi connectivity index (χ0n) is 12.0. The van der Waals surface area contributed by atoms with E-state index in [0.717, 1.165) is 19.5 Å². The van der Waals surface area contributed by atoms with E-state index >= 15 is 0 Å². The maximum atomic E-state index is 12.4. The second-order valence-electron chi connectivity index (χ2n) is 5.76. The van der Waals surface area contributed by atoms with Crippen LogP contribution in [0.25, 0.3) is 0 Å². The van der Waals surface area contributed by atoms with Crippen molar-refractivity contribution in [2.75, 3.05) is 45.6 Å². The molecule has 2 atom stereocenters. The van der Waals surface area contributed by atoms with Crippen LogP contribution >= 0.6 is 0 Å². The summed E-state index contributed by atoms with van der Waals surface area (Å²) in [7, 11) is -1.46. The predicted molar refractivity (Wildman–Crippen MR) is 75.6 cm³/mol. The van der Waals surface area contributed by atoms with Crippen molar-refractivity contribution in [3.8, 4) is 0 Å². The van der Waals surface area contributed by atoms with Gasteiger partial charge in [0, 0.05) is 26.7 Å². The molecule has 0 aromatic carbocycles. The number of likely N-dealkylation sites (tertiary alicyclic amines) is 1. The molecule has 2 heterocycles. The molecule has 0 aromatic rings. The van der Waals surface area contributed by atoms with E-state index in [9.17, 15) is 8.42 Å². The van der Waals surface area contributed by atoms with Crippen molar-refractivity contribution in [1.29, 1.82) is 0 Å². The number of ether oxygens (including phenoxy) is 1. The van der Waals surface area contributed by atoms with Crippen LogP contribution in [0.15, 0.2) is 0 Å². The molecule has 0 aromatic heterocycles. The van der Waals surface area contributed by atoms with Gasteiger partial charge in [0.1, 0.15) is 0 Å². The fourth-order valence-electron chi connectivity index (χ4n) is 2.94. The number of methoxy groups -OCH3 is 1. The van der Waals surface area contributed by atoms with Crippen molar-refractivity contribution in [3.63, 3.8) is 0 Å². The smallest absolute Gasteiger partial charge is 0.215 e. The minimum atomic E-state index is -3.13. The summed E-state index contributed by atoms with van der Waals surface area (Å²) < 4.78 is 31.7. The first-order chi connectivity index (χ1) is 9.03. The summed E-state index contributed by atoms with van der Waals surface area (Å²) in [5, 5.41) is 0. The maximum Gasteiger partial charge on any atom is 0.215 e. The summed E-state index contributed by atoms with van der Waals surface area (Å²) >= 11 is 0. The highest BCUT2D eigenvalue weighted by molar-refractivity contribution is 7.89. The highest BCUT2D eigenvalue weighted by atomic mass is 32.2. The van der Waals surface area contributed by atoms with Gasteiger partial charge < -0.3 is 9.64 Å². The average molecular weight is 290 g/mol. The van der Waals surface area contributed by atoms with Crippen LogP contribution in [-0.4, -0.2) is 69.3 Å². The Bertz CT molecular complexity index is 379. The van der Waals surface area contributed by atoms with Gasteiger partial charge in [-0.15, -0.1) is 0 Å². The van der Waals surface area contributed by atoms with Crippen LogP contribution < -0.4 is 0 Å². The Morgan fingerprint density at radius 2 is 1.89 bits per heavy atom. The number of piperidine rings is 1. The Balaban J connectivity index is 1.87. The van der Waals surface area contributed by atoms with Gasteiger partial charge in [-0.2, -0.15) is 4.31 Å². The Labute approximate surface area is 117 Å². The summed E-state index contributed by atoms with van der Waals surface area (Å²) in [5.41, 5.74) is 0. The van der Waals surface area contributed by atoms with Crippen LogP contribution in [0.5, 0.6) is 0 Å². The van der Waals surface area contributed by atoms with Crippen LogP contribution in [0.1, 0.15) is 26.2 Å². The second-order valence-corrected chi connectivity index (χ2v) is 7.85. The molecular weight excluding hydrogens is 264 g/mol. The number of sulfonamides is 1. The Morgan fingerprint density at radius 1 is 1.21 bits per heavy atom. The van der Waals surface area contributed by atoms with Crippen molar-refractivity contribution in [3.05, 3.63) is 0 Å². The molecule has 6 heteroatoms. The lowest BCUT2D eigenvalue weighted by Gasteiger charge is -2.35. The molecule has 0 bridgehead atoms. The van der Waals surface area contributed by atoms with Gasteiger partial charge in [-0.3, -0.25) is 0 Å². The molecule has 2 aliphatic rings. The number of rotatable bonds is 5. The molecule has 2 saturated heterocycles. The van der Waals surface area contributed by atoms with Crippen molar-refractivity contribution in [2.45, 2.75) is 32.3 Å². The lowest BCUT2D eigenvalue weighted by molar-refractivity contribution is 0.0183. The van der Waals surface area contributed by atoms with E-state index in [1.54, 1.807) is 11.4 Å². The van der Waals surface area contributed by atoms with Crippen LogP contribution in [0.4, 0.5) is 0 Å². The highest BCUT2D eigenvalue weighted by Crippen LogP contribution is 2.22. The molecule has 0 amide bonds. The van der Waals surface area contributed by atoms with E-state index in [-0.39, 0.29) is 11.9 Å². The molecule has 0 N–H and O–H groups in total. The van der Waals surface area contributed by atoms with Crippen LogP contribution in [-0.2, 0) is 14.8 Å². The third kappa shape index (κ3) is 3.90. The van der Waals surface area contributed by atoms with Crippen LogP contribution in [0, 0.1) is 5.92 Å². The molecule has 0 unspecified atom stereocenters. The quantitative estimate of drug-likeness (QED) is 0.750. The van der Waals surface area contributed by atoms with Crippen molar-refractivity contribution in [2.24, 2.45) is 5.92 Å². The molecule has 19 heavy (non-hydrogen) atoms.